The number of amides is 1. The van der Waals surface area contributed by atoms with E-state index in [-0.39, 0.29) is 19.3 Å². The maximum absolute atomic E-state index is 12.4. The molecule has 3 aromatic carbocycles. The lowest BCUT2D eigenvalue weighted by Gasteiger charge is -2.11. The van der Waals surface area contributed by atoms with Gasteiger partial charge in [-0.05, 0) is 85.1 Å². The molecule has 174 valence electrons. The van der Waals surface area contributed by atoms with Crippen molar-refractivity contribution in [2.75, 3.05) is 13.4 Å². The van der Waals surface area contributed by atoms with Gasteiger partial charge in [0, 0.05) is 4.47 Å². The Morgan fingerprint density at radius 1 is 1.03 bits per heavy atom. The Kier molecular flexibility index (Phi) is 7.12. The highest BCUT2D eigenvalue weighted by Gasteiger charge is 2.17. The molecule has 0 saturated heterocycles. The number of fused-ring (bicyclic) bond motifs is 1. The number of nitrogens with zero attached hydrogens (tertiary/aromatic N) is 1. The largest absolute Gasteiger partial charge is 0.483 e. The van der Waals surface area contributed by atoms with Crippen LogP contribution in [0, 0.1) is 13.8 Å². The van der Waals surface area contributed by atoms with Crippen LogP contribution in [-0.2, 0) is 4.79 Å². The summed E-state index contributed by atoms with van der Waals surface area (Å²) in [7, 11) is 0. The van der Waals surface area contributed by atoms with Crippen molar-refractivity contribution in [3.05, 3.63) is 81.3 Å². The average molecular weight is 525 g/mol. The minimum Gasteiger partial charge on any atom is -0.483 e. The van der Waals surface area contributed by atoms with Gasteiger partial charge in [-0.1, -0.05) is 15.9 Å². The van der Waals surface area contributed by atoms with E-state index >= 15 is 0 Å². The number of hydrogen-bond acceptors (Lipinski definition) is 7. The number of esters is 1. The minimum atomic E-state index is -0.511. The molecule has 9 heteroatoms. The Morgan fingerprint density at radius 2 is 1.74 bits per heavy atom. The normalized spacial score (nSPS) is 12.0. The number of aryl methyl sites for hydroxylation is 2. The van der Waals surface area contributed by atoms with Crippen LogP contribution in [0.4, 0.5) is 0 Å². The summed E-state index contributed by atoms with van der Waals surface area (Å²) in [5.41, 5.74) is 5.36. The first kappa shape index (κ1) is 23.3. The number of hydrogen-bond donors (Lipinski definition) is 1. The van der Waals surface area contributed by atoms with Crippen molar-refractivity contribution < 1.29 is 28.5 Å². The third-order valence-electron chi connectivity index (χ3n) is 4.87. The predicted octanol–water partition coefficient (Wildman–Crippen LogP) is 4.54. The quantitative estimate of drug-likeness (QED) is 0.211. The molecule has 4 rings (SSSR count). The lowest BCUT2D eigenvalue weighted by atomic mass is 10.1. The van der Waals surface area contributed by atoms with E-state index in [2.05, 4.69) is 26.5 Å². The fourth-order valence-electron chi connectivity index (χ4n) is 3.29. The van der Waals surface area contributed by atoms with Crippen molar-refractivity contribution in [3.8, 4) is 23.0 Å². The predicted molar refractivity (Wildman–Crippen MR) is 129 cm³/mol. The Hall–Kier alpha value is -3.85. The highest BCUT2D eigenvalue weighted by atomic mass is 79.9. The molecule has 0 bridgehead atoms. The van der Waals surface area contributed by atoms with Crippen LogP contribution >= 0.6 is 15.9 Å². The molecular formula is C25H21BrN2O6. The van der Waals surface area contributed by atoms with Gasteiger partial charge in [-0.2, -0.15) is 5.10 Å². The van der Waals surface area contributed by atoms with Gasteiger partial charge in [0.05, 0.1) is 11.8 Å². The molecule has 0 aromatic heterocycles. The van der Waals surface area contributed by atoms with Crippen molar-refractivity contribution in [1.29, 1.82) is 0 Å². The van der Waals surface area contributed by atoms with Crippen LogP contribution in [0.25, 0.3) is 0 Å². The van der Waals surface area contributed by atoms with Gasteiger partial charge in [-0.3, -0.25) is 4.79 Å². The van der Waals surface area contributed by atoms with Gasteiger partial charge < -0.3 is 18.9 Å². The molecule has 8 nitrogen and oxygen atoms in total. The molecule has 3 aromatic rings. The van der Waals surface area contributed by atoms with E-state index in [4.69, 9.17) is 18.9 Å². The van der Waals surface area contributed by atoms with Gasteiger partial charge in [-0.15, -0.1) is 0 Å². The van der Waals surface area contributed by atoms with Crippen molar-refractivity contribution in [2.24, 2.45) is 5.10 Å². The highest BCUT2D eigenvalue weighted by molar-refractivity contribution is 9.10. The van der Waals surface area contributed by atoms with Crippen LogP contribution < -0.4 is 24.4 Å². The number of nitrogens with one attached hydrogen (secondary N) is 1. The van der Waals surface area contributed by atoms with E-state index in [0.717, 1.165) is 15.6 Å². The van der Waals surface area contributed by atoms with Crippen LogP contribution in [0.1, 0.15) is 27.0 Å². The zero-order chi connectivity index (χ0) is 24.1. The van der Waals surface area contributed by atoms with Gasteiger partial charge >= 0.3 is 5.97 Å². The zero-order valence-corrected chi connectivity index (χ0v) is 20.0. The van der Waals surface area contributed by atoms with Crippen molar-refractivity contribution in [1.82, 2.24) is 5.43 Å². The summed E-state index contributed by atoms with van der Waals surface area (Å²) >= 11 is 3.43. The molecule has 0 saturated carbocycles. The molecule has 0 unspecified atom stereocenters. The first-order chi connectivity index (χ1) is 16.4. The number of carbonyl (C=O) groups is 2. The van der Waals surface area contributed by atoms with Gasteiger partial charge in [0.1, 0.15) is 11.5 Å². The van der Waals surface area contributed by atoms with E-state index < -0.39 is 5.97 Å². The molecule has 0 spiro atoms. The van der Waals surface area contributed by atoms with Gasteiger partial charge in [0.2, 0.25) is 6.79 Å². The fraction of sp³-hybridized carbons (Fsp3) is 0.160. The van der Waals surface area contributed by atoms with Crippen molar-refractivity contribution in [2.45, 2.75) is 13.8 Å². The summed E-state index contributed by atoms with van der Waals surface area (Å²) in [5, 5.41) is 3.94. The number of rotatable bonds is 7. The third-order valence-corrected chi connectivity index (χ3v) is 5.33. The van der Waals surface area contributed by atoms with Crippen molar-refractivity contribution in [3.63, 3.8) is 0 Å². The van der Waals surface area contributed by atoms with E-state index in [0.29, 0.717) is 34.1 Å². The Balaban J connectivity index is 1.26. The molecule has 1 aliphatic rings. The number of carbonyl (C=O) groups excluding carboxylic acids is 2. The number of halogens is 1. The lowest BCUT2D eigenvalue weighted by molar-refractivity contribution is -0.123. The van der Waals surface area contributed by atoms with Crippen LogP contribution in [0.3, 0.4) is 0 Å². The van der Waals surface area contributed by atoms with Crippen LogP contribution in [0.15, 0.2) is 64.2 Å². The summed E-state index contributed by atoms with van der Waals surface area (Å²) in [6.07, 6.45) is 1.48. The molecule has 0 radical (unpaired) electrons. The summed E-state index contributed by atoms with van der Waals surface area (Å²) < 4.78 is 22.5. The van der Waals surface area contributed by atoms with E-state index in [9.17, 15) is 9.59 Å². The molecular weight excluding hydrogens is 504 g/mol. The van der Waals surface area contributed by atoms with E-state index in [1.165, 1.54) is 6.21 Å². The monoisotopic (exact) mass is 524 g/mol. The molecule has 1 amide bonds. The second-order valence-electron chi connectivity index (χ2n) is 7.48. The first-order valence-corrected chi connectivity index (χ1v) is 11.1. The van der Waals surface area contributed by atoms with Crippen LogP contribution in [0.5, 0.6) is 23.0 Å². The van der Waals surface area contributed by atoms with Crippen LogP contribution in [-0.4, -0.2) is 31.5 Å². The third kappa shape index (κ3) is 5.74. The zero-order valence-electron chi connectivity index (χ0n) is 18.5. The molecule has 1 N–H and O–H groups in total. The maximum atomic E-state index is 12.4. The summed E-state index contributed by atoms with van der Waals surface area (Å²) in [6.45, 7) is 3.81. The average Bonchev–Trinajstić information content (AvgIpc) is 3.27. The molecule has 0 atom stereocenters. The van der Waals surface area contributed by atoms with Crippen molar-refractivity contribution >= 4 is 34.0 Å². The smallest absolute Gasteiger partial charge is 0.343 e. The second-order valence-corrected chi connectivity index (χ2v) is 8.39. The molecule has 1 aliphatic heterocycles. The molecule has 0 fully saturated rings. The van der Waals surface area contributed by atoms with Gasteiger partial charge in [0.15, 0.2) is 18.1 Å². The number of hydrazone groups is 1. The number of benzene rings is 3. The highest BCUT2D eigenvalue weighted by Crippen LogP contribution is 2.32. The fourth-order valence-corrected chi connectivity index (χ4v) is 3.97. The van der Waals surface area contributed by atoms with E-state index in [1.54, 1.807) is 42.5 Å². The Morgan fingerprint density at radius 3 is 2.47 bits per heavy atom. The Bertz CT molecular complexity index is 1230. The molecule has 34 heavy (non-hydrogen) atoms. The second kappa shape index (κ2) is 10.4. The van der Waals surface area contributed by atoms with Gasteiger partial charge in [0.25, 0.3) is 5.91 Å². The summed E-state index contributed by atoms with van der Waals surface area (Å²) in [4.78, 5) is 24.4. The summed E-state index contributed by atoms with van der Waals surface area (Å²) in [5.74, 6) is 1.26. The topological polar surface area (TPSA) is 95.5 Å². The lowest BCUT2D eigenvalue weighted by Crippen LogP contribution is -2.25. The first-order valence-electron chi connectivity index (χ1n) is 10.3. The SMILES string of the molecule is Cc1cc(Br)cc(C)c1OCC(=O)N/N=C/c1ccc(OC(=O)c2ccc3c(c2)OCO3)cc1. The maximum Gasteiger partial charge on any atom is 0.343 e. The molecule has 1 heterocycles. The van der Waals surface area contributed by atoms with E-state index in [1.807, 2.05) is 26.0 Å². The number of ether oxygens (including phenoxy) is 4. The van der Waals surface area contributed by atoms with Gasteiger partial charge in [-0.25, -0.2) is 10.2 Å². The summed E-state index contributed by atoms with van der Waals surface area (Å²) in [6, 6.07) is 15.4. The minimum absolute atomic E-state index is 0.134. The standard InChI is InChI=1S/C25H21BrN2O6/c1-15-9-19(26)10-16(2)24(15)31-13-23(29)28-27-12-17-3-6-20(7-4-17)34-25(30)18-5-8-21-22(11-18)33-14-32-21/h3-12H,13-14H2,1-2H3,(H,28,29)/b27-12+. The molecule has 0 aliphatic carbocycles. The Labute approximate surface area is 204 Å². The van der Waals surface area contributed by atoms with Crippen LogP contribution in [0.2, 0.25) is 0 Å².